The van der Waals surface area contributed by atoms with Crippen molar-refractivity contribution in [1.82, 2.24) is 4.90 Å². The number of rotatable bonds is 1. The van der Waals surface area contributed by atoms with Crippen LogP contribution < -0.4 is 10.6 Å². The third kappa shape index (κ3) is 1.22. The van der Waals surface area contributed by atoms with Gasteiger partial charge in [-0.15, -0.1) is 0 Å². The van der Waals surface area contributed by atoms with Crippen LogP contribution in [0.5, 0.6) is 0 Å². The molecule has 1 aliphatic rings. The van der Waals surface area contributed by atoms with E-state index in [2.05, 4.69) is 4.99 Å². The van der Waals surface area contributed by atoms with E-state index >= 15 is 0 Å². The van der Waals surface area contributed by atoms with E-state index in [0.29, 0.717) is 12.4 Å². The standard InChI is InChI=1S/C10H10N2O/c1-12-7-11-9-5-3-2-4-8(9)10(12)6-13/h2-6H,7H2,1H3. The first-order chi connectivity index (χ1) is 6.33. The van der Waals surface area contributed by atoms with E-state index < -0.39 is 0 Å². The van der Waals surface area contributed by atoms with E-state index in [4.69, 9.17) is 0 Å². The van der Waals surface area contributed by atoms with Crippen molar-refractivity contribution in [3.05, 3.63) is 34.8 Å². The average molecular weight is 174 g/mol. The molecule has 0 radical (unpaired) electrons. The molecule has 1 heterocycles. The smallest absolute Gasteiger partial charge is 0.166 e. The summed E-state index contributed by atoms with van der Waals surface area (Å²) in [5, 5.41) is 1.83. The van der Waals surface area contributed by atoms with Crippen molar-refractivity contribution >= 4 is 12.0 Å². The lowest BCUT2D eigenvalue weighted by Gasteiger charge is -2.19. The maximum Gasteiger partial charge on any atom is 0.166 e. The van der Waals surface area contributed by atoms with E-state index in [1.54, 1.807) is 0 Å². The van der Waals surface area contributed by atoms with Crippen molar-refractivity contribution in [3.8, 4) is 0 Å². The van der Waals surface area contributed by atoms with Gasteiger partial charge in [-0.05, 0) is 6.07 Å². The Morgan fingerprint density at radius 3 is 3.00 bits per heavy atom. The Kier molecular flexibility index (Phi) is 1.85. The highest BCUT2D eigenvalue weighted by Crippen LogP contribution is 1.97. The fraction of sp³-hybridized carbons (Fsp3) is 0.200. The molecular weight excluding hydrogens is 164 g/mol. The zero-order valence-corrected chi connectivity index (χ0v) is 7.40. The Morgan fingerprint density at radius 1 is 1.46 bits per heavy atom. The van der Waals surface area contributed by atoms with Gasteiger partial charge in [0.25, 0.3) is 0 Å². The van der Waals surface area contributed by atoms with Gasteiger partial charge in [0.1, 0.15) is 6.67 Å². The van der Waals surface area contributed by atoms with Gasteiger partial charge in [-0.1, -0.05) is 18.2 Å². The van der Waals surface area contributed by atoms with Crippen molar-refractivity contribution in [1.29, 1.82) is 0 Å². The molecule has 0 aliphatic carbocycles. The average Bonchev–Trinajstić information content (AvgIpc) is 2.18. The number of benzene rings is 1. The van der Waals surface area contributed by atoms with Gasteiger partial charge >= 0.3 is 0 Å². The number of para-hydroxylation sites is 1. The molecule has 0 bridgehead atoms. The summed E-state index contributed by atoms with van der Waals surface area (Å²) in [6, 6.07) is 7.68. The minimum atomic E-state index is 0.561. The molecule has 0 unspecified atom stereocenters. The Balaban J connectivity index is 2.85. The van der Waals surface area contributed by atoms with Gasteiger partial charge in [-0.2, -0.15) is 0 Å². The predicted octanol–water partition coefficient (Wildman–Crippen LogP) is -0.484. The topological polar surface area (TPSA) is 32.7 Å². The van der Waals surface area contributed by atoms with Crippen molar-refractivity contribution in [2.45, 2.75) is 0 Å². The van der Waals surface area contributed by atoms with E-state index in [1.165, 1.54) is 0 Å². The van der Waals surface area contributed by atoms with Gasteiger partial charge in [0.15, 0.2) is 6.29 Å². The molecule has 0 aromatic heterocycles. The molecule has 0 atom stereocenters. The summed E-state index contributed by atoms with van der Waals surface area (Å²) in [7, 11) is 1.86. The second-order valence-corrected chi connectivity index (χ2v) is 3.02. The Bertz CT molecular complexity index is 450. The first kappa shape index (κ1) is 7.98. The molecule has 0 amide bonds. The van der Waals surface area contributed by atoms with Crippen LogP contribution in [0.2, 0.25) is 0 Å². The Hall–Kier alpha value is -1.64. The molecule has 1 aromatic carbocycles. The molecule has 3 nitrogen and oxygen atoms in total. The highest BCUT2D eigenvalue weighted by molar-refractivity contribution is 5.97. The van der Waals surface area contributed by atoms with E-state index in [-0.39, 0.29) is 0 Å². The lowest BCUT2D eigenvalue weighted by atomic mass is 10.2. The van der Waals surface area contributed by atoms with Crippen molar-refractivity contribution in [3.63, 3.8) is 0 Å². The Labute approximate surface area is 76.0 Å². The molecular formula is C10H10N2O. The summed E-state index contributed by atoms with van der Waals surface area (Å²) < 4.78 is 0. The number of likely N-dealkylation sites (N-methyl/N-ethyl adjacent to an activating group) is 1. The predicted molar refractivity (Wildman–Crippen MR) is 49.3 cm³/mol. The molecule has 0 fully saturated rings. The lowest BCUT2D eigenvalue weighted by molar-refractivity contribution is -0.104. The number of carbonyl (C=O) groups excluding carboxylic acids is 1. The highest BCUT2D eigenvalue weighted by Gasteiger charge is 2.07. The van der Waals surface area contributed by atoms with Gasteiger partial charge in [-0.25, -0.2) is 0 Å². The van der Waals surface area contributed by atoms with Crippen LogP contribution in [-0.4, -0.2) is 24.9 Å². The maximum absolute atomic E-state index is 10.8. The molecule has 0 saturated heterocycles. The monoisotopic (exact) mass is 174 g/mol. The van der Waals surface area contributed by atoms with Crippen LogP contribution in [0.4, 0.5) is 0 Å². The number of carbonyl (C=O) groups is 1. The van der Waals surface area contributed by atoms with Crippen LogP contribution in [0.3, 0.4) is 0 Å². The van der Waals surface area contributed by atoms with Crippen molar-refractivity contribution in [2.24, 2.45) is 4.99 Å². The number of hydrogen-bond donors (Lipinski definition) is 0. The van der Waals surface area contributed by atoms with Crippen LogP contribution in [0.15, 0.2) is 29.3 Å². The van der Waals surface area contributed by atoms with E-state index in [0.717, 1.165) is 16.9 Å². The molecule has 1 aliphatic heterocycles. The summed E-state index contributed by atoms with van der Waals surface area (Å²) in [6.45, 7) is 0.561. The normalized spacial score (nSPS) is 14.8. The third-order valence-electron chi connectivity index (χ3n) is 2.16. The zero-order valence-electron chi connectivity index (χ0n) is 7.40. The van der Waals surface area contributed by atoms with Crippen molar-refractivity contribution < 1.29 is 4.79 Å². The summed E-state index contributed by atoms with van der Waals surface area (Å²) in [6.07, 6.45) is 0.882. The minimum absolute atomic E-state index is 0.561. The minimum Gasteiger partial charge on any atom is -0.352 e. The highest BCUT2D eigenvalue weighted by atomic mass is 16.1. The summed E-state index contributed by atoms with van der Waals surface area (Å²) in [5.74, 6) is 0. The van der Waals surface area contributed by atoms with Gasteiger partial charge in [0.2, 0.25) is 0 Å². The fourth-order valence-corrected chi connectivity index (χ4v) is 1.45. The first-order valence-corrected chi connectivity index (χ1v) is 4.13. The summed E-state index contributed by atoms with van der Waals surface area (Å²) >= 11 is 0. The lowest BCUT2D eigenvalue weighted by Crippen LogP contribution is -2.39. The quantitative estimate of drug-likeness (QED) is 0.538. The second kappa shape index (κ2) is 3.01. The molecule has 0 spiro atoms. The number of fused-ring (bicyclic) bond motifs is 1. The molecule has 0 N–H and O–H groups in total. The summed E-state index contributed by atoms with van der Waals surface area (Å²) in [4.78, 5) is 17.0. The van der Waals surface area contributed by atoms with Crippen LogP contribution >= 0.6 is 0 Å². The third-order valence-corrected chi connectivity index (χ3v) is 2.16. The first-order valence-electron chi connectivity index (χ1n) is 4.13. The molecule has 1 aromatic rings. The molecule has 0 saturated carbocycles. The van der Waals surface area contributed by atoms with Crippen LogP contribution in [0.1, 0.15) is 0 Å². The van der Waals surface area contributed by atoms with Crippen LogP contribution in [0.25, 0.3) is 5.70 Å². The maximum atomic E-state index is 10.8. The van der Waals surface area contributed by atoms with Crippen LogP contribution in [0, 0.1) is 0 Å². The molecule has 66 valence electrons. The van der Waals surface area contributed by atoms with Crippen LogP contribution in [-0.2, 0) is 4.79 Å². The van der Waals surface area contributed by atoms with Crippen molar-refractivity contribution in [2.75, 3.05) is 13.7 Å². The van der Waals surface area contributed by atoms with Gasteiger partial charge in [0, 0.05) is 12.3 Å². The molecule has 2 rings (SSSR count). The summed E-state index contributed by atoms with van der Waals surface area (Å²) in [5.41, 5.74) is 0.714. The Morgan fingerprint density at radius 2 is 2.23 bits per heavy atom. The van der Waals surface area contributed by atoms with E-state index in [9.17, 15) is 4.79 Å². The fourth-order valence-electron chi connectivity index (χ4n) is 1.45. The van der Waals surface area contributed by atoms with E-state index in [1.807, 2.05) is 36.2 Å². The largest absolute Gasteiger partial charge is 0.352 e. The SMILES string of the molecule is CN1CN=c2ccccc2=C1C=O. The zero-order chi connectivity index (χ0) is 9.26. The molecule has 13 heavy (non-hydrogen) atoms. The van der Waals surface area contributed by atoms with Gasteiger partial charge in [-0.3, -0.25) is 9.79 Å². The number of aldehydes is 1. The van der Waals surface area contributed by atoms with Gasteiger partial charge < -0.3 is 4.90 Å². The second-order valence-electron chi connectivity index (χ2n) is 3.02. The number of hydrogen-bond acceptors (Lipinski definition) is 3. The number of nitrogens with zero attached hydrogens (tertiary/aromatic N) is 2. The molecule has 3 heteroatoms. The van der Waals surface area contributed by atoms with Gasteiger partial charge in [0.05, 0.1) is 11.1 Å².